The first kappa shape index (κ1) is 8.26. The van der Waals surface area contributed by atoms with Crippen LogP contribution >= 0.6 is 0 Å². The van der Waals surface area contributed by atoms with Crippen molar-refractivity contribution in [1.29, 1.82) is 5.26 Å². The molecule has 0 atom stereocenters. The zero-order chi connectivity index (χ0) is 10.1. The van der Waals surface area contributed by atoms with E-state index in [1.165, 1.54) is 12.1 Å². The molecule has 0 radical (unpaired) electrons. The van der Waals surface area contributed by atoms with Crippen molar-refractivity contribution >= 4 is 16.6 Å². The summed E-state index contributed by atoms with van der Waals surface area (Å²) in [5, 5.41) is 20.0. The molecule has 1 aromatic heterocycles. The van der Waals surface area contributed by atoms with Crippen molar-refractivity contribution in [2.75, 3.05) is 0 Å². The van der Waals surface area contributed by atoms with Crippen LogP contribution in [0.4, 0.5) is 5.69 Å². The van der Waals surface area contributed by atoms with Gasteiger partial charge in [-0.3, -0.25) is 10.1 Å². The van der Waals surface area contributed by atoms with E-state index in [4.69, 9.17) is 5.26 Å². The number of aromatic nitrogens is 1. The second-order valence-electron chi connectivity index (χ2n) is 2.80. The van der Waals surface area contributed by atoms with E-state index in [1.54, 1.807) is 12.3 Å². The number of hydrogen-bond donors (Lipinski definition) is 1. The van der Waals surface area contributed by atoms with Crippen molar-refractivity contribution < 1.29 is 4.92 Å². The first-order chi connectivity index (χ1) is 6.72. The Hall–Kier alpha value is -2.35. The highest BCUT2D eigenvalue weighted by molar-refractivity contribution is 5.87. The predicted molar refractivity (Wildman–Crippen MR) is 49.7 cm³/mol. The Morgan fingerprint density at radius 3 is 2.93 bits per heavy atom. The number of aromatic amines is 1. The number of nitrogens with zero attached hydrogens (tertiary/aromatic N) is 2. The number of H-pyrrole nitrogens is 1. The van der Waals surface area contributed by atoms with Crippen LogP contribution in [0.5, 0.6) is 0 Å². The highest BCUT2D eigenvalue weighted by Gasteiger charge is 2.11. The number of hydrogen-bond acceptors (Lipinski definition) is 3. The van der Waals surface area contributed by atoms with Crippen LogP contribution in [0.1, 0.15) is 5.56 Å². The number of nitro groups is 1. The van der Waals surface area contributed by atoms with E-state index in [9.17, 15) is 10.1 Å². The Balaban J connectivity index is 2.82. The lowest BCUT2D eigenvalue weighted by Crippen LogP contribution is -1.89. The van der Waals surface area contributed by atoms with Crippen LogP contribution in [-0.2, 0) is 0 Å². The van der Waals surface area contributed by atoms with Gasteiger partial charge < -0.3 is 4.98 Å². The van der Waals surface area contributed by atoms with Crippen molar-refractivity contribution in [3.8, 4) is 6.07 Å². The molecule has 0 saturated carbocycles. The molecule has 0 fully saturated rings. The number of non-ortho nitro benzene ring substituents is 1. The normalized spacial score (nSPS) is 9.93. The maximum absolute atomic E-state index is 10.5. The molecule has 5 heteroatoms. The van der Waals surface area contributed by atoms with Gasteiger partial charge in [0.2, 0.25) is 0 Å². The van der Waals surface area contributed by atoms with Crippen LogP contribution in [0.3, 0.4) is 0 Å². The quantitative estimate of drug-likeness (QED) is 0.547. The summed E-state index contributed by atoms with van der Waals surface area (Å²) in [6.45, 7) is 0. The molecule has 1 aromatic carbocycles. The Morgan fingerprint density at radius 1 is 1.50 bits per heavy atom. The average molecular weight is 187 g/mol. The summed E-state index contributed by atoms with van der Waals surface area (Å²) in [4.78, 5) is 12.8. The van der Waals surface area contributed by atoms with Gasteiger partial charge in [0, 0.05) is 23.7 Å². The molecule has 14 heavy (non-hydrogen) atoms. The van der Waals surface area contributed by atoms with Gasteiger partial charge in [0.05, 0.1) is 16.0 Å². The van der Waals surface area contributed by atoms with E-state index in [1.807, 2.05) is 6.07 Å². The SMILES string of the molecule is N#Cc1cc([N+](=O)[O-])cc2[nH]ccc12. The van der Waals surface area contributed by atoms with Gasteiger partial charge >= 0.3 is 0 Å². The fraction of sp³-hybridized carbons (Fsp3) is 0. The van der Waals surface area contributed by atoms with E-state index in [2.05, 4.69) is 4.98 Å². The largest absolute Gasteiger partial charge is 0.361 e. The topological polar surface area (TPSA) is 82.7 Å². The van der Waals surface area contributed by atoms with Gasteiger partial charge in [0.1, 0.15) is 6.07 Å². The molecular weight excluding hydrogens is 182 g/mol. The second kappa shape index (κ2) is 2.85. The van der Waals surface area contributed by atoms with Gasteiger partial charge in [-0.2, -0.15) is 5.26 Å². The minimum Gasteiger partial charge on any atom is -0.361 e. The molecule has 0 unspecified atom stereocenters. The maximum Gasteiger partial charge on any atom is 0.272 e. The third-order valence-corrected chi connectivity index (χ3v) is 1.98. The van der Waals surface area contributed by atoms with Gasteiger partial charge in [-0.15, -0.1) is 0 Å². The van der Waals surface area contributed by atoms with Crippen molar-refractivity contribution in [2.24, 2.45) is 0 Å². The number of nitriles is 1. The summed E-state index contributed by atoms with van der Waals surface area (Å²) in [6, 6.07) is 6.33. The molecule has 0 aliphatic heterocycles. The molecule has 0 amide bonds. The Morgan fingerprint density at radius 2 is 2.29 bits per heavy atom. The van der Waals surface area contributed by atoms with E-state index < -0.39 is 4.92 Å². The van der Waals surface area contributed by atoms with Crippen molar-refractivity contribution in [3.05, 3.63) is 40.1 Å². The van der Waals surface area contributed by atoms with Crippen molar-refractivity contribution in [2.45, 2.75) is 0 Å². The van der Waals surface area contributed by atoms with Gasteiger partial charge in [-0.25, -0.2) is 0 Å². The number of rotatable bonds is 1. The molecule has 2 aromatic rings. The molecule has 68 valence electrons. The van der Waals surface area contributed by atoms with Crippen molar-refractivity contribution in [3.63, 3.8) is 0 Å². The van der Waals surface area contributed by atoms with Gasteiger partial charge in [-0.1, -0.05) is 0 Å². The Bertz CT molecular complexity index is 551. The highest BCUT2D eigenvalue weighted by atomic mass is 16.6. The molecule has 0 bridgehead atoms. The number of fused-ring (bicyclic) bond motifs is 1. The van der Waals surface area contributed by atoms with Gasteiger partial charge in [0.15, 0.2) is 0 Å². The molecule has 0 aliphatic rings. The number of nitrogens with one attached hydrogen (secondary N) is 1. The minimum atomic E-state index is -0.513. The van der Waals surface area contributed by atoms with E-state index in [-0.39, 0.29) is 5.69 Å². The zero-order valence-corrected chi connectivity index (χ0v) is 7.02. The van der Waals surface area contributed by atoms with Gasteiger partial charge in [-0.05, 0) is 6.07 Å². The van der Waals surface area contributed by atoms with Crippen LogP contribution in [0, 0.1) is 21.4 Å². The van der Waals surface area contributed by atoms with E-state index in [0.29, 0.717) is 16.5 Å². The third kappa shape index (κ3) is 1.10. The van der Waals surface area contributed by atoms with Gasteiger partial charge in [0.25, 0.3) is 5.69 Å². The number of nitro benzene ring substituents is 1. The summed E-state index contributed by atoms with van der Waals surface area (Å²) < 4.78 is 0. The first-order valence-electron chi connectivity index (χ1n) is 3.88. The van der Waals surface area contributed by atoms with Crippen LogP contribution in [0.2, 0.25) is 0 Å². The summed E-state index contributed by atoms with van der Waals surface area (Å²) in [5.74, 6) is 0. The Labute approximate surface area is 78.7 Å². The van der Waals surface area contributed by atoms with E-state index in [0.717, 1.165) is 0 Å². The lowest BCUT2D eigenvalue weighted by molar-refractivity contribution is -0.384. The molecule has 5 nitrogen and oxygen atoms in total. The zero-order valence-electron chi connectivity index (χ0n) is 7.02. The highest BCUT2D eigenvalue weighted by Crippen LogP contribution is 2.23. The maximum atomic E-state index is 10.5. The monoisotopic (exact) mass is 187 g/mol. The molecule has 1 heterocycles. The molecule has 0 aliphatic carbocycles. The molecular formula is C9H5N3O2. The van der Waals surface area contributed by atoms with Crippen LogP contribution in [0.25, 0.3) is 10.9 Å². The summed E-state index contributed by atoms with van der Waals surface area (Å²) in [7, 11) is 0. The smallest absolute Gasteiger partial charge is 0.272 e. The standard InChI is InChI=1S/C9H5N3O2/c10-5-6-3-7(12(13)14)4-9-8(6)1-2-11-9/h1-4,11H. The fourth-order valence-electron chi connectivity index (χ4n) is 1.35. The predicted octanol–water partition coefficient (Wildman–Crippen LogP) is 1.95. The first-order valence-corrected chi connectivity index (χ1v) is 3.88. The molecule has 1 N–H and O–H groups in total. The summed E-state index contributed by atoms with van der Waals surface area (Å²) >= 11 is 0. The van der Waals surface area contributed by atoms with Crippen LogP contribution < -0.4 is 0 Å². The second-order valence-corrected chi connectivity index (χ2v) is 2.80. The van der Waals surface area contributed by atoms with Crippen LogP contribution in [0.15, 0.2) is 24.4 Å². The van der Waals surface area contributed by atoms with E-state index >= 15 is 0 Å². The third-order valence-electron chi connectivity index (χ3n) is 1.98. The molecule has 0 saturated heterocycles. The summed E-state index contributed by atoms with van der Waals surface area (Å²) in [6.07, 6.45) is 1.65. The minimum absolute atomic E-state index is 0.0727. The van der Waals surface area contributed by atoms with Crippen molar-refractivity contribution in [1.82, 2.24) is 4.98 Å². The number of benzene rings is 1. The fourth-order valence-corrected chi connectivity index (χ4v) is 1.35. The summed E-state index contributed by atoms with van der Waals surface area (Å²) in [5.41, 5.74) is 0.850. The Kier molecular flexibility index (Phi) is 1.68. The lowest BCUT2D eigenvalue weighted by atomic mass is 10.1. The molecule has 0 spiro atoms. The molecule has 2 rings (SSSR count). The van der Waals surface area contributed by atoms with Crippen LogP contribution in [-0.4, -0.2) is 9.91 Å². The lowest BCUT2D eigenvalue weighted by Gasteiger charge is -1.94. The average Bonchev–Trinajstić information content (AvgIpc) is 2.63.